The van der Waals surface area contributed by atoms with Crippen LogP contribution in [-0.4, -0.2) is 30.4 Å². The van der Waals surface area contributed by atoms with E-state index in [1.54, 1.807) is 14.0 Å². The van der Waals surface area contributed by atoms with Crippen LogP contribution in [0.5, 0.6) is 0 Å². The minimum absolute atomic E-state index is 0.144. The minimum atomic E-state index is -0.312. The first-order valence-electron chi connectivity index (χ1n) is 5.80. The lowest BCUT2D eigenvalue weighted by Gasteiger charge is -2.09. The standard InChI is InChI=1S/C13H16N2O3S/c1-4-18-12(16)8-19-13-11(6-14)10(7-17-3)5-9(2)15-13/h5H,4,7-8H2,1-3H3. The fourth-order valence-corrected chi connectivity index (χ4v) is 2.40. The van der Waals surface area contributed by atoms with Crippen molar-refractivity contribution in [3.8, 4) is 6.07 Å². The van der Waals surface area contributed by atoms with Gasteiger partial charge >= 0.3 is 5.97 Å². The molecule has 0 atom stereocenters. The molecular weight excluding hydrogens is 264 g/mol. The van der Waals surface area contributed by atoms with E-state index >= 15 is 0 Å². The number of hydrogen-bond acceptors (Lipinski definition) is 6. The van der Waals surface area contributed by atoms with Crippen LogP contribution in [0, 0.1) is 18.3 Å². The lowest BCUT2D eigenvalue weighted by atomic mass is 10.1. The van der Waals surface area contributed by atoms with Crippen molar-refractivity contribution < 1.29 is 14.3 Å². The van der Waals surface area contributed by atoms with Crippen molar-refractivity contribution in [1.29, 1.82) is 5.26 Å². The van der Waals surface area contributed by atoms with Gasteiger partial charge in [0.1, 0.15) is 11.1 Å². The lowest BCUT2D eigenvalue weighted by Crippen LogP contribution is -2.08. The fraction of sp³-hybridized carbons (Fsp3) is 0.462. The van der Waals surface area contributed by atoms with Gasteiger partial charge in [-0.2, -0.15) is 5.26 Å². The second-order valence-corrected chi connectivity index (χ2v) is 4.71. The van der Waals surface area contributed by atoms with E-state index in [2.05, 4.69) is 11.1 Å². The molecule has 0 aliphatic heterocycles. The predicted molar refractivity (Wildman–Crippen MR) is 71.8 cm³/mol. The Morgan fingerprint density at radius 2 is 2.32 bits per heavy atom. The van der Waals surface area contributed by atoms with Gasteiger partial charge in [-0.3, -0.25) is 4.79 Å². The first kappa shape index (κ1) is 15.5. The SMILES string of the molecule is CCOC(=O)CSc1nc(C)cc(COC)c1C#N. The van der Waals surface area contributed by atoms with Crippen LogP contribution in [0.3, 0.4) is 0 Å². The summed E-state index contributed by atoms with van der Waals surface area (Å²) in [6, 6.07) is 3.93. The third-order valence-electron chi connectivity index (χ3n) is 2.24. The monoisotopic (exact) mass is 280 g/mol. The predicted octanol–water partition coefficient (Wildman–Crippen LogP) is 2.06. The first-order chi connectivity index (χ1) is 9.12. The number of thioether (sulfide) groups is 1. The molecule has 0 saturated heterocycles. The normalized spacial score (nSPS) is 10.0. The molecule has 0 amide bonds. The molecule has 0 aliphatic rings. The van der Waals surface area contributed by atoms with Gasteiger partial charge in [0.15, 0.2) is 0 Å². The molecule has 5 nitrogen and oxygen atoms in total. The Morgan fingerprint density at radius 3 is 2.89 bits per heavy atom. The van der Waals surface area contributed by atoms with Crippen molar-refractivity contribution in [2.45, 2.75) is 25.5 Å². The number of pyridine rings is 1. The molecule has 102 valence electrons. The van der Waals surface area contributed by atoms with Crippen molar-refractivity contribution in [3.63, 3.8) is 0 Å². The second-order valence-electron chi connectivity index (χ2n) is 3.74. The van der Waals surface area contributed by atoms with E-state index in [4.69, 9.17) is 9.47 Å². The van der Waals surface area contributed by atoms with Gasteiger partial charge in [0.2, 0.25) is 0 Å². The third kappa shape index (κ3) is 4.54. The van der Waals surface area contributed by atoms with E-state index in [0.717, 1.165) is 11.3 Å². The highest BCUT2D eigenvalue weighted by Gasteiger charge is 2.13. The number of nitriles is 1. The van der Waals surface area contributed by atoms with E-state index < -0.39 is 0 Å². The lowest BCUT2D eigenvalue weighted by molar-refractivity contribution is -0.139. The second kappa shape index (κ2) is 7.77. The molecule has 1 aromatic rings. The summed E-state index contributed by atoms with van der Waals surface area (Å²) in [5.41, 5.74) is 2.03. The molecule has 0 aromatic carbocycles. The molecule has 0 aliphatic carbocycles. The van der Waals surface area contributed by atoms with Crippen LogP contribution in [0.15, 0.2) is 11.1 Å². The van der Waals surface area contributed by atoms with Gasteiger partial charge in [-0.15, -0.1) is 0 Å². The van der Waals surface area contributed by atoms with Crippen LogP contribution in [0.25, 0.3) is 0 Å². The Bertz CT molecular complexity index is 497. The third-order valence-corrected chi connectivity index (χ3v) is 3.19. The number of methoxy groups -OCH3 is 1. The summed E-state index contributed by atoms with van der Waals surface area (Å²) >= 11 is 1.21. The zero-order valence-electron chi connectivity index (χ0n) is 11.2. The van der Waals surface area contributed by atoms with E-state index in [1.165, 1.54) is 11.8 Å². The average molecular weight is 280 g/mol. The Morgan fingerprint density at radius 1 is 1.58 bits per heavy atom. The molecule has 1 aromatic heterocycles. The summed E-state index contributed by atoms with van der Waals surface area (Å²) in [6.07, 6.45) is 0. The molecule has 0 bridgehead atoms. The summed E-state index contributed by atoms with van der Waals surface area (Å²) in [4.78, 5) is 15.6. The molecule has 19 heavy (non-hydrogen) atoms. The van der Waals surface area contributed by atoms with Gasteiger partial charge in [-0.05, 0) is 25.5 Å². The molecule has 0 radical (unpaired) electrons. The summed E-state index contributed by atoms with van der Waals surface area (Å²) in [5, 5.41) is 9.75. The van der Waals surface area contributed by atoms with Gasteiger partial charge in [-0.25, -0.2) is 4.98 Å². The molecular formula is C13H16N2O3S. The molecule has 0 unspecified atom stereocenters. The smallest absolute Gasteiger partial charge is 0.316 e. The van der Waals surface area contributed by atoms with Crippen LogP contribution >= 0.6 is 11.8 Å². The zero-order valence-corrected chi connectivity index (χ0v) is 12.0. The highest BCUT2D eigenvalue weighted by molar-refractivity contribution is 7.99. The van der Waals surface area contributed by atoms with Crippen molar-refractivity contribution in [1.82, 2.24) is 4.98 Å². The van der Waals surface area contributed by atoms with E-state index in [0.29, 0.717) is 23.8 Å². The Hall–Kier alpha value is -1.58. The van der Waals surface area contributed by atoms with Gasteiger partial charge in [0, 0.05) is 12.8 Å². The molecule has 0 spiro atoms. The van der Waals surface area contributed by atoms with Crippen molar-refractivity contribution in [2.75, 3.05) is 19.5 Å². The number of aromatic nitrogens is 1. The van der Waals surface area contributed by atoms with E-state index in [-0.39, 0.29) is 11.7 Å². The topological polar surface area (TPSA) is 72.2 Å². The van der Waals surface area contributed by atoms with Gasteiger partial charge in [-0.1, -0.05) is 11.8 Å². The summed E-state index contributed by atoms with van der Waals surface area (Å²) in [7, 11) is 1.57. The van der Waals surface area contributed by atoms with Gasteiger partial charge in [0.05, 0.1) is 24.5 Å². The van der Waals surface area contributed by atoms with Crippen LogP contribution in [0.4, 0.5) is 0 Å². The maximum atomic E-state index is 11.3. The number of carbonyl (C=O) groups is 1. The minimum Gasteiger partial charge on any atom is -0.465 e. The summed E-state index contributed by atoms with van der Waals surface area (Å²) in [6.45, 7) is 4.29. The fourth-order valence-electron chi connectivity index (χ4n) is 1.53. The van der Waals surface area contributed by atoms with Crippen LogP contribution in [-0.2, 0) is 20.9 Å². The van der Waals surface area contributed by atoms with Crippen molar-refractivity contribution in [3.05, 3.63) is 22.9 Å². The van der Waals surface area contributed by atoms with Crippen LogP contribution in [0.2, 0.25) is 0 Å². The highest BCUT2D eigenvalue weighted by Crippen LogP contribution is 2.24. The van der Waals surface area contributed by atoms with Crippen molar-refractivity contribution in [2.24, 2.45) is 0 Å². The largest absolute Gasteiger partial charge is 0.465 e. The summed E-state index contributed by atoms with van der Waals surface area (Å²) in [5.74, 6) is -0.168. The molecule has 6 heteroatoms. The number of hydrogen-bond donors (Lipinski definition) is 0. The van der Waals surface area contributed by atoms with Crippen LogP contribution in [0.1, 0.15) is 23.7 Å². The summed E-state index contributed by atoms with van der Waals surface area (Å²) < 4.78 is 9.91. The number of ether oxygens (including phenoxy) is 2. The quantitative estimate of drug-likeness (QED) is 0.586. The van der Waals surface area contributed by atoms with E-state index in [9.17, 15) is 10.1 Å². The molecule has 1 heterocycles. The zero-order chi connectivity index (χ0) is 14.3. The Balaban J connectivity index is 2.93. The molecule has 0 saturated carbocycles. The van der Waals surface area contributed by atoms with Gasteiger partial charge < -0.3 is 9.47 Å². The average Bonchev–Trinajstić information content (AvgIpc) is 2.37. The Labute approximate surface area is 116 Å². The number of carbonyl (C=O) groups excluding carboxylic acids is 1. The molecule has 1 rings (SSSR count). The number of aryl methyl sites for hydroxylation is 1. The highest BCUT2D eigenvalue weighted by atomic mass is 32.2. The molecule has 0 N–H and O–H groups in total. The van der Waals surface area contributed by atoms with Crippen molar-refractivity contribution >= 4 is 17.7 Å². The van der Waals surface area contributed by atoms with Crippen LogP contribution < -0.4 is 0 Å². The number of esters is 1. The maximum Gasteiger partial charge on any atom is 0.316 e. The number of rotatable bonds is 6. The van der Waals surface area contributed by atoms with E-state index in [1.807, 2.05) is 13.0 Å². The van der Waals surface area contributed by atoms with Gasteiger partial charge in [0.25, 0.3) is 0 Å². The molecule has 0 fully saturated rings. The maximum absolute atomic E-state index is 11.3. The number of nitrogens with zero attached hydrogens (tertiary/aromatic N) is 2. The Kier molecular flexibility index (Phi) is 6.33. The first-order valence-corrected chi connectivity index (χ1v) is 6.78.